The molecule has 0 spiro atoms. The third-order valence-corrected chi connectivity index (χ3v) is 9.95. The molecule has 1 atom stereocenters. The van der Waals surface area contributed by atoms with Gasteiger partial charge in [-0.2, -0.15) is 0 Å². The largest absolute Gasteiger partial charge is 0.475 e. The molecule has 0 amide bonds. The fraction of sp³-hybridized carbons (Fsp3) is 0.765. The average Bonchev–Trinajstić information content (AvgIpc) is 2.73. The number of nitrogens with zero attached hydrogens (tertiary/aromatic N) is 3. The molecule has 1 N–H and O–H groups in total. The zero-order chi connectivity index (χ0) is 18.3. The maximum Gasteiger partial charge on any atom is 0.372 e. The Morgan fingerprint density at radius 3 is 2.58 bits per heavy atom. The maximum atomic E-state index is 11.2. The maximum absolute atomic E-state index is 11.2. The average molecular weight is 354 g/mol. The predicted molar refractivity (Wildman–Crippen MR) is 96.9 cm³/mol. The lowest BCUT2D eigenvalue weighted by Gasteiger charge is -2.40. The van der Waals surface area contributed by atoms with Crippen LogP contribution in [0.5, 0.6) is 0 Å². The van der Waals surface area contributed by atoms with Crippen LogP contribution in [-0.4, -0.2) is 53.0 Å². The van der Waals surface area contributed by atoms with E-state index in [4.69, 9.17) is 4.43 Å². The summed E-state index contributed by atoms with van der Waals surface area (Å²) in [5, 5.41) is 9.42. The molecule has 2 rings (SSSR count). The molecule has 6 nitrogen and oxygen atoms in total. The molecule has 1 aromatic heterocycles. The van der Waals surface area contributed by atoms with Crippen LogP contribution in [0.15, 0.2) is 0 Å². The van der Waals surface area contributed by atoms with Crippen molar-refractivity contribution in [1.29, 1.82) is 0 Å². The summed E-state index contributed by atoms with van der Waals surface area (Å²) in [6.45, 7) is 15.9. The van der Waals surface area contributed by atoms with Crippen LogP contribution < -0.4 is 0 Å². The van der Waals surface area contributed by atoms with Gasteiger partial charge in [0.1, 0.15) is 0 Å². The highest BCUT2D eigenvalue weighted by molar-refractivity contribution is 6.74. The summed E-state index contributed by atoms with van der Waals surface area (Å²) < 4.78 is 8.15. The van der Waals surface area contributed by atoms with Gasteiger partial charge < -0.3 is 14.1 Å². The van der Waals surface area contributed by atoms with E-state index in [2.05, 4.69) is 50.7 Å². The molecule has 0 saturated carbocycles. The first-order valence-electron chi connectivity index (χ1n) is 8.60. The minimum atomic E-state index is -1.77. The molecule has 7 heteroatoms. The van der Waals surface area contributed by atoms with E-state index >= 15 is 0 Å². The minimum Gasteiger partial charge on any atom is -0.475 e. The van der Waals surface area contributed by atoms with Gasteiger partial charge in [0.25, 0.3) is 0 Å². The molecule has 0 radical (unpaired) electrons. The number of fused-ring (bicyclic) bond motifs is 1. The Hall–Kier alpha value is -1.18. The van der Waals surface area contributed by atoms with Crippen molar-refractivity contribution in [3.63, 3.8) is 0 Å². The molecule has 1 aliphatic rings. The van der Waals surface area contributed by atoms with Gasteiger partial charge in [0, 0.05) is 38.8 Å². The molecule has 2 heterocycles. The Kier molecular flexibility index (Phi) is 5.27. The Morgan fingerprint density at radius 1 is 1.42 bits per heavy atom. The topological polar surface area (TPSA) is 67.6 Å². The van der Waals surface area contributed by atoms with Crippen LogP contribution >= 0.6 is 0 Å². The number of rotatable bonds is 5. The van der Waals surface area contributed by atoms with Crippen molar-refractivity contribution in [2.75, 3.05) is 13.1 Å². The third-order valence-electron chi connectivity index (χ3n) is 5.34. The summed E-state index contributed by atoms with van der Waals surface area (Å²) in [6.07, 6.45) is 0.994. The Morgan fingerprint density at radius 2 is 2.04 bits per heavy atom. The minimum absolute atomic E-state index is 0.132. The second-order valence-electron chi connectivity index (χ2n) is 8.37. The number of imidazole rings is 1. The summed E-state index contributed by atoms with van der Waals surface area (Å²) in [6, 6.07) is 0. The molecule has 0 saturated heterocycles. The lowest BCUT2D eigenvalue weighted by Crippen LogP contribution is -2.46. The van der Waals surface area contributed by atoms with E-state index < -0.39 is 14.3 Å². The highest BCUT2D eigenvalue weighted by atomic mass is 28.4. The Bertz CT molecular complexity index is 619. The molecule has 0 fully saturated rings. The summed E-state index contributed by atoms with van der Waals surface area (Å²) in [5.74, 6) is -0.833. The van der Waals surface area contributed by atoms with Crippen LogP contribution in [0.4, 0.5) is 0 Å². The number of aromatic nitrogens is 2. The van der Waals surface area contributed by atoms with Crippen molar-refractivity contribution in [1.82, 2.24) is 14.5 Å². The fourth-order valence-corrected chi connectivity index (χ4v) is 4.44. The first kappa shape index (κ1) is 19.1. The summed E-state index contributed by atoms with van der Waals surface area (Å²) in [4.78, 5) is 17.9. The normalized spacial score (nSPS) is 17.6. The number of hydrogen-bond acceptors (Lipinski definition) is 4. The molecule has 0 bridgehead atoms. The van der Waals surface area contributed by atoms with Gasteiger partial charge in [-0.05, 0) is 25.1 Å². The molecule has 0 aromatic carbocycles. The van der Waals surface area contributed by atoms with Crippen LogP contribution in [-0.2, 0) is 24.4 Å². The van der Waals surface area contributed by atoms with Gasteiger partial charge in [0.05, 0.1) is 11.8 Å². The Balaban J connectivity index is 2.01. The number of hydrogen-bond donors (Lipinski definition) is 1. The lowest BCUT2D eigenvalue weighted by atomic mass is 10.1. The summed E-state index contributed by atoms with van der Waals surface area (Å²) >= 11 is 0. The van der Waals surface area contributed by atoms with E-state index in [1.807, 2.05) is 0 Å². The van der Waals surface area contributed by atoms with Gasteiger partial charge in [0.15, 0.2) is 8.32 Å². The van der Waals surface area contributed by atoms with Crippen molar-refractivity contribution in [2.45, 2.75) is 64.9 Å². The predicted octanol–water partition coefficient (Wildman–Crippen LogP) is 2.89. The monoisotopic (exact) mass is 353 g/mol. The molecule has 136 valence electrons. The highest BCUT2D eigenvalue weighted by Crippen LogP contribution is 2.37. The number of carboxylic acids is 1. The first-order valence-corrected chi connectivity index (χ1v) is 11.5. The Labute approximate surface area is 146 Å². The van der Waals surface area contributed by atoms with Gasteiger partial charge >= 0.3 is 5.97 Å². The van der Waals surface area contributed by atoms with Crippen LogP contribution in [0.3, 0.4) is 0 Å². The molecule has 1 unspecified atom stereocenters. The second kappa shape index (κ2) is 6.61. The van der Waals surface area contributed by atoms with E-state index in [0.29, 0.717) is 6.54 Å². The van der Waals surface area contributed by atoms with Crippen molar-refractivity contribution in [3.8, 4) is 0 Å². The summed E-state index contributed by atoms with van der Waals surface area (Å²) in [5.41, 5.74) is 1.93. The number of aromatic carboxylic acids is 1. The van der Waals surface area contributed by atoms with Crippen LogP contribution in [0.2, 0.25) is 18.1 Å². The quantitative estimate of drug-likeness (QED) is 0.825. The van der Waals surface area contributed by atoms with Crippen molar-refractivity contribution in [2.24, 2.45) is 7.05 Å². The lowest BCUT2D eigenvalue weighted by molar-refractivity contribution is 0.0679. The van der Waals surface area contributed by atoms with Crippen molar-refractivity contribution in [3.05, 3.63) is 17.2 Å². The van der Waals surface area contributed by atoms with Crippen molar-refractivity contribution < 1.29 is 14.3 Å². The van der Waals surface area contributed by atoms with Crippen LogP contribution in [0.25, 0.3) is 0 Å². The fourth-order valence-electron chi connectivity index (χ4n) is 3.01. The second-order valence-corrected chi connectivity index (χ2v) is 13.1. The molecule has 1 aromatic rings. The number of carboxylic acid groups (broad SMARTS) is 1. The molecule has 1 aliphatic heterocycles. The van der Waals surface area contributed by atoms with E-state index in [9.17, 15) is 9.90 Å². The van der Waals surface area contributed by atoms with E-state index in [1.54, 1.807) is 11.6 Å². The third kappa shape index (κ3) is 3.89. The highest BCUT2D eigenvalue weighted by Gasteiger charge is 2.38. The standard InChI is InChI=1S/C17H31N3O3Si/c1-12(23-24(6,7)17(2,3)4)10-20-9-8-14-13(11-20)18-15(16(21)22)19(14)5/h12H,8-11H2,1-7H3,(H,21,22). The molecular weight excluding hydrogens is 322 g/mol. The van der Waals surface area contributed by atoms with Crippen molar-refractivity contribution >= 4 is 14.3 Å². The SMILES string of the molecule is CC(CN1CCc2c(nc(C(=O)O)n2C)C1)O[Si](C)(C)C(C)(C)C. The molecule has 24 heavy (non-hydrogen) atoms. The van der Waals surface area contributed by atoms with Gasteiger partial charge in [-0.3, -0.25) is 4.90 Å². The summed E-state index contributed by atoms with van der Waals surface area (Å²) in [7, 11) is 0.0178. The van der Waals surface area contributed by atoms with Gasteiger partial charge in [0.2, 0.25) is 5.82 Å². The van der Waals surface area contributed by atoms with Crippen LogP contribution in [0.1, 0.15) is 49.7 Å². The van der Waals surface area contributed by atoms with Gasteiger partial charge in [-0.1, -0.05) is 20.8 Å². The van der Waals surface area contributed by atoms with E-state index in [-0.39, 0.29) is 17.0 Å². The molecule has 0 aliphatic carbocycles. The number of carbonyl (C=O) groups is 1. The van der Waals surface area contributed by atoms with E-state index in [0.717, 1.165) is 30.9 Å². The zero-order valence-electron chi connectivity index (χ0n) is 16.0. The van der Waals surface area contributed by atoms with E-state index in [1.165, 1.54) is 0 Å². The van der Waals surface area contributed by atoms with Crippen LogP contribution in [0, 0.1) is 0 Å². The van der Waals surface area contributed by atoms with Gasteiger partial charge in [-0.25, -0.2) is 9.78 Å². The molecular formula is C17H31N3O3Si. The zero-order valence-corrected chi connectivity index (χ0v) is 17.0. The smallest absolute Gasteiger partial charge is 0.372 e. The van der Waals surface area contributed by atoms with Gasteiger partial charge in [-0.15, -0.1) is 0 Å². The first-order chi connectivity index (χ1) is 10.9.